The molecule has 26 heavy (non-hydrogen) atoms. The fourth-order valence-electron chi connectivity index (χ4n) is 4.01. The van der Waals surface area contributed by atoms with Crippen molar-refractivity contribution in [3.63, 3.8) is 0 Å². The summed E-state index contributed by atoms with van der Waals surface area (Å²) in [5.74, 6) is 0.103. The number of sulfonamides is 1. The van der Waals surface area contributed by atoms with Gasteiger partial charge < -0.3 is 4.90 Å². The Labute approximate surface area is 154 Å². The molecule has 0 radical (unpaired) electrons. The maximum absolute atomic E-state index is 13.3. The van der Waals surface area contributed by atoms with Crippen LogP contribution in [0.1, 0.15) is 30.9 Å². The van der Waals surface area contributed by atoms with Crippen LogP contribution in [-0.2, 0) is 21.2 Å². The van der Waals surface area contributed by atoms with Gasteiger partial charge in [-0.05, 0) is 62.1 Å². The first-order valence-corrected chi connectivity index (χ1v) is 10.4. The van der Waals surface area contributed by atoms with Crippen LogP contribution in [0.25, 0.3) is 0 Å². The summed E-state index contributed by atoms with van der Waals surface area (Å²) in [6.45, 7) is 4.49. The first kappa shape index (κ1) is 17.1. The van der Waals surface area contributed by atoms with Gasteiger partial charge in [0.2, 0.25) is 5.91 Å². The summed E-state index contributed by atoms with van der Waals surface area (Å²) < 4.78 is 28.1. The molecule has 2 aliphatic heterocycles. The minimum atomic E-state index is -3.65. The van der Waals surface area contributed by atoms with E-state index < -0.39 is 10.0 Å². The van der Waals surface area contributed by atoms with Crippen LogP contribution in [0.2, 0.25) is 0 Å². The first-order chi connectivity index (χ1) is 12.4. The summed E-state index contributed by atoms with van der Waals surface area (Å²) in [5.41, 5.74) is 3.43. The Bertz CT molecular complexity index is 984. The molecule has 0 unspecified atom stereocenters. The second kappa shape index (κ2) is 6.13. The molecule has 1 amide bonds. The van der Waals surface area contributed by atoms with E-state index in [9.17, 15) is 13.2 Å². The normalized spacial score (nSPS) is 19.9. The Balaban J connectivity index is 1.73. The second-order valence-corrected chi connectivity index (χ2v) is 8.89. The summed E-state index contributed by atoms with van der Waals surface area (Å²) in [4.78, 5) is 14.0. The zero-order valence-electron chi connectivity index (χ0n) is 15.0. The van der Waals surface area contributed by atoms with Gasteiger partial charge in [-0.3, -0.25) is 9.10 Å². The van der Waals surface area contributed by atoms with Crippen LogP contribution >= 0.6 is 0 Å². The summed E-state index contributed by atoms with van der Waals surface area (Å²) in [7, 11) is -3.65. The van der Waals surface area contributed by atoms with Crippen molar-refractivity contribution in [1.29, 1.82) is 0 Å². The molecule has 0 N–H and O–H groups in total. The monoisotopic (exact) mass is 370 g/mol. The zero-order chi connectivity index (χ0) is 18.5. The number of hydrogen-bond acceptors (Lipinski definition) is 3. The Kier molecular flexibility index (Phi) is 4.03. The molecule has 2 aromatic rings. The van der Waals surface area contributed by atoms with Crippen molar-refractivity contribution >= 4 is 27.3 Å². The molecule has 1 atom stereocenters. The molecular weight excluding hydrogens is 348 g/mol. The van der Waals surface area contributed by atoms with Crippen LogP contribution in [0.5, 0.6) is 0 Å². The van der Waals surface area contributed by atoms with E-state index in [1.54, 1.807) is 23.1 Å². The summed E-state index contributed by atoms with van der Waals surface area (Å²) in [5, 5.41) is 0. The third-order valence-electron chi connectivity index (χ3n) is 5.23. The molecule has 1 fully saturated rings. The fraction of sp³-hybridized carbons (Fsp3) is 0.350. The molecule has 2 heterocycles. The molecule has 0 aromatic heterocycles. The number of benzene rings is 2. The summed E-state index contributed by atoms with van der Waals surface area (Å²) in [6, 6.07) is 12.6. The van der Waals surface area contributed by atoms with E-state index >= 15 is 0 Å². The third kappa shape index (κ3) is 2.60. The van der Waals surface area contributed by atoms with E-state index in [0.29, 0.717) is 13.0 Å². The van der Waals surface area contributed by atoms with Crippen molar-refractivity contribution in [2.24, 2.45) is 0 Å². The highest BCUT2D eigenvalue weighted by atomic mass is 32.2. The van der Waals surface area contributed by atoms with Gasteiger partial charge >= 0.3 is 0 Å². The van der Waals surface area contributed by atoms with Gasteiger partial charge in [-0.25, -0.2) is 8.42 Å². The molecule has 2 aliphatic rings. The topological polar surface area (TPSA) is 57.7 Å². The van der Waals surface area contributed by atoms with Gasteiger partial charge in [-0.15, -0.1) is 0 Å². The number of rotatable bonds is 3. The lowest BCUT2D eigenvalue weighted by Gasteiger charge is -2.25. The van der Waals surface area contributed by atoms with Gasteiger partial charge in [0.05, 0.1) is 10.6 Å². The molecule has 1 saturated heterocycles. The van der Waals surface area contributed by atoms with Crippen LogP contribution < -0.4 is 9.21 Å². The lowest BCUT2D eigenvalue weighted by atomic mass is 10.1. The number of hydrogen-bond donors (Lipinski definition) is 0. The SMILES string of the molecule is Cc1cc(S(=O)(=O)N2c3ccccc3C[C@@H]2C)ccc1N1CCCC1=O. The summed E-state index contributed by atoms with van der Waals surface area (Å²) >= 11 is 0. The van der Waals surface area contributed by atoms with Crippen LogP contribution in [-0.4, -0.2) is 26.9 Å². The van der Waals surface area contributed by atoms with Crippen molar-refractivity contribution in [2.45, 2.75) is 44.0 Å². The van der Waals surface area contributed by atoms with Crippen molar-refractivity contribution in [1.82, 2.24) is 0 Å². The van der Waals surface area contributed by atoms with Gasteiger partial charge in [0, 0.05) is 24.7 Å². The lowest BCUT2D eigenvalue weighted by molar-refractivity contribution is -0.117. The minimum Gasteiger partial charge on any atom is -0.312 e. The first-order valence-electron chi connectivity index (χ1n) is 8.93. The largest absolute Gasteiger partial charge is 0.312 e. The molecule has 2 aromatic carbocycles. The standard InChI is InChI=1S/C20H22N2O3S/c1-14-12-17(9-10-18(14)21-11-5-8-20(21)23)26(24,25)22-15(2)13-16-6-3-4-7-19(16)22/h3-4,6-7,9-10,12,15H,5,8,11,13H2,1-2H3/t15-/m0/s1. The number of anilines is 2. The van der Waals surface area contributed by atoms with Crippen LogP contribution in [0.15, 0.2) is 47.4 Å². The molecule has 0 bridgehead atoms. The van der Waals surface area contributed by atoms with E-state index in [1.807, 2.05) is 38.1 Å². The average molecular weight is 370 g/mol. The number of aryl methyl sites for hydroxylation is 1. The Hall–Kier alpha value is -2.34. The molecule has 5 nitrogen and oxygen atoms in total. The van der Waals surface area contributed by atoms with Crippen LogP contribution in [0.3, 0.4) is 0 Å². The van der Waals surface area contributed by atoms with E-state index in [2.05, 4.69) is 0 Å². The van der Waals surface area contributed by atoms with E-state index in [0.717, 1.165) is 35.3 Å². The lowest BCUT2D eigenvalue weighted by Crippen LogP contribution is -2.35. The van der Waals surface area contributed by atoms with Crippen molar-refractivity contribution in [2.75, 3.05) is 15.7 Å². The molecule has 6 heteroatoms. The number of carbonyl (C=O) groups is 1. The number of nitrogens with zero attached hydrogens (tertiary/aromatic N) is 2. The molecule has 136 valence electrons. The van der Waals surface area contributed by atoms with E-state index in [4.69, 9.17) is 0 Å². The number of para-hydroxylation sites is 1. The van der Waals surface area contributed by atoms with Crippen molar-refractivity contribution < 1.29 is 13.2 Å². The van der Waals surface area contributed by atoms with Crippen molar-refractivity contribution in [3.05, 3.63) is 53.6 Å². The van der Waals surface area contributed by atoms with Gasteiger partial charge in [-0.1, -0.05) is 18.2 Å². The summed E-state index contributed by atoms with van der Waals surface area (Å²) in [6.07, 6.45) is 2.12. The third-order valence-corrected chi connectivity index (χ3v) is 7.16. The van der Waals surface area contributed by atoms with Gasteiger partial charge in [-0.2, -0.15) is 0 Å². The Morgan fingerprint density at radius 2 is 1.85 bits per heavy atom. The smallest absolute Gasteiger partial charge is 0.264 e. The van der Waals surface area contributed by atoms with Crippen LogP contribution in [0.4, 0.5) is 11.4 Å². The molecule has 0 aliphatic carbocycles. The van der Waals surface area contributed by atoms with Gasteiger partial charge in [0.25, 0.3) is 10.0 Å². The predicted octanol–water partition coefficient (Wildman–Crippen LogP) is 3.26. The Morgan fingerprint density at radius 1 is 1.08 bits per heavy atom. The molecule has 4 rings (SSSR count). The quantitative estimate of drug-likeness (QED) is 0.833. The maximum atomic E-state index is 13.3. The van der Waals surface area contributed by atoms with E-state index in [1.165, 1.54) is 4.31 Å². The number of amides is 1. The Morgan fingerprint density at radius 3 is 2.54 bits per heavy atom. The highest BCUT2D eigenvalue weighted by molar-refractivity contribution is 7.92. The van der Waals surface area contributed by atoms with Gasteiger partial charge in [0.1, 0.15) is 0 Å². The fourth-order valence-corrected chi connectivity index (χ4v) is 5.79. The highest BCUT2D eigenvalue weighted by Crippen LogP contribution is 2.37. The second-order valence-electron chi connectivity index (χ2n) is 7.08. The van der Waals surface area contributed by atoms with Crippen LogP contribution in [0, 0.1) is 6.92 Å². The molecule has 0 spiro atoms. The highest BCUT2D eigenvalue weighted by Gasteiger charge is 2.36. The van der Waals surface area contributed by atoms with E-state index in [-0.39, 0.29) is 16.8 Å². The maximum Gasteiger partial charge on any atom is 0.264 e. The average Bonchev–Trinajstić information content (AvgIpc) is 3.17. The minimum absolute atomic E-state index is 0.103. The zero-order valence-corrected chi connectivity index (χ0v) is 15.8. The predicted molar refractivity (Wildman–Crippen MR) is 102 cm³/mol. The van der Waals surface area contributed by atoms with Gasteiger partial charge in [0.15, 0.2) is 0 Å². The van der Waals surface area contributed by atoms with Crippen molar-refractivity contribution in [3.8, 4) is 0 Å². The number of carbonyl (C=O) groups excluding carboxylic acids is 1. The molecule has 0 saturated carbocycles. The number of fused-ring (bicyclic) bond motifs is 1. The molecular formula is C20H22N2O3S.